The van der Waals surface area contributed by atoms with Crippen LogP contribution in [0.3, 0.4) is 0 Å². The first-order valence-electron chi connectivity index (χ1n) is 8.16. The monoisotopic (exact) mass is 276 g/mol. The smallest absolute Gasteiger partial charge is 0.134 e. The molecule has 0 bridgehead atoms. The summed E-state index contributed by atoms with van der Waals surface area (Å²) >= 11 is 0. The van der Waals surface area contributed by atoms with Gasteiger partial charge in [-0.25, -0.2) is 9.97 Å². The Morgan fingerprint density at radius 1 is 1.20 bits per heavy atom. The van der Waals surface area contributed by atoms with Gasteiger partial charge in [0.25, 0.3) is 0 Å². The first-order chi connectivity index (χ1) is 9.78. The Balaban J connectivity index is 2.18. The highest BCUT2D eigenvalue weighted by Crippen LogP contribution is 2.31. The van der Waals surface area contributed by atoms with Crippen LogP contribution in [0.2, 0.25) is 0 Å². The molecule has 1 fully saturated rings. The highest BCUT2D eigenvalue weighted by atomic mass is 15.2. The second-order valence-corrected chi connectivity index (χ2v) is 5.59. The minimum absolute atomic E-state index is 0.709. The average molecular weight is 276 g/mol. The van der Waals surface area contributed by atoms with Crippen molar-refractivity contribution in [1.29, 1.82) is 0 Å². The third-order valence-electron chi connectivity index (χ3n) is 3.67. The molecule has 0 aliphatic heterocycles. The third kappa shape index (κ3) is 4.09. The van der Waals surface area contributed by atoms with Crippen molar-refractivity contribution in [2.45, 2.75) is 65.3 Å². The van der Waals surface area contributed by atoms with Crippen molar-refractivity contribution in [2.24, 2.45) is 0 Å². The van der Waals surface area contributed by atoms with E-state index >= 15 is 0 Å². The Labute approximate surface area is 123 Å². The lowest BCUT2D eigenvalue weighted by Crippen LogP contribution is -2.28. The second-order valence-electron chi connectivity index (χ2n) is 5.59. The van der Waals surface area contributed by atoms with Crippen molar-refractivity contribution >= 4 is 11.6 Å². The van der Waals surface area contributed by atoms with Crippen LogP contribution in [0.25, 0.3) is 0 Å². The average Bonchev–Trinajstić information content (AvgIpc) is 3.30. The zero-order valence-electron chi connectivity index (χ0n) is 13.2. The second kappa shape index (κ2) is 7.46. The van der Waals surface area contributed by atoms with Crippen molar-refractivity contribution in [2.75, 3.05) is 23.3 Å². The first-order valence-corrected chi connectivity index (χ1v) is 8.16. The fourth-order valence-corrected chi connectivity index (χ4v) is 2.33. The molecular weight excluding hydrogens is 248 g/mol. The molecule has 0 spiro atoms. The minimum Gasteiger partial charge on any atom is -0.370 e. The number of anilines is 2. The third-order valence-corrected chi connectivity index (χ3v) is 3.67. The van der Waals surface area contributed by atoms with E-state index in [9.17, 15) is 0 Å². The maximum atomic E-state index is 4.75. The van der Waals surface area contributed by atoms with Crippen LogP contribution in [-0.2, 0) is 6.42 Å². The molecule has 4 heteroatoms. The predicted octanol–water partition coefficient (Wildman–Crippen LogP) is 3.63. The molecule has 1 saturated carbocycles. The zero-order chi connectivity index (χ0) is 14.4. The van der Waals surface area contributed by atoms with Crippen LogP contribution < -0.4 is 10.2 Å². The molecule has 112 valence electrons. The summed E-state index contributed by atoms with van der Waals surface area (Å²) in [5.74, 6) is 3.05. The van der Waals surface area contributed by atoms with E-state index in [1.54, 1.807) is 0 Å². The summed E-state index contributed by atoms with van der Waals surface area (Å²) in [7, 11) is 0. The molecule has 1 aromatic heterocycles. The largest absolute Gasteiger partial charge is 0.370 e. The molecule has 1 aromatic rings. The standard InChI is InChI=1S/C16H28N4/c1-4-7-11-20(13-8-9-13)16-12-15(17-10-5-2)18-14(6-3)19-16/h12-13H,4-11H2,1-3H3,(H,17,18,19). The van der Waals surface area contributed by atoms with Gasteiger partial charge in [-0.05, 0) is 25.7 Å². The Morgan fingerprint density at radius 3 is 2.60 bits per heavy atom. The molecule has 1 heterocycles. The van der Waals surface area contributed by atoms with Crippen LogP contribution >= 0.6 is 0 Å². The van der Waals surface area contributed by atoms with Crippen molar-refractivity contribution in [1.82, 2.24) is 9.97 Å². The number of nitrogens with one attached hydrogen (secondary N) is 1. The summed E-state index contributed by atoms with van der Waals surface area (Å²) in [4.78, 5) is 11.8. The van der Waals surface area contributed by atoms with E-state index in [0.717, 1.165) is 43.4 Å². The summed E-state index contributed by atoms with van der Waals surface area (Å²) < 4.78 is 0. The quantitative estimate of drug-likeness (QED) is 0.748. The molecule has 0 aromatic carbocycles. The Kier molecular flexibility index (Phi) is 5.62. The molecule has 0 unspecified atom stereocenters. The van der Waals surface area contributed by atoms with Crippen LogP contribution in [0.1, 0.15) is 58.7 Å². The van der Waals surface area contributed by atoms with Crippen molar-refractivity contribution < 1.29 is 0 Å². The van der Waals surface area contributed by atoms with E-state index in [4.69, 9.17) is 4.98 Å². The molecule has 20 heavy (non-hydrogen) atoms. The lowest BCUT2D eigenvalue weighted by Gasteiger charge is -2.24. The molecule has 1 N–H and O–H groups in total. The molecule has 0 saturated heterocycles. The van der Waals surface area contributed by atoms with Gasteiger partial charge in [0.2, 0.25) is 0 Å². The highest BCUT2D eigenvalue weighted by molar-refractivity contribution is 5.51. The van der Waals surface area contributed by atoms with Gasteiger partial charge in [0.1, 0.15) is 17.5 Å². The summed E-state index contributed by atoms with van der Waals surface area (Å²) in [6.07, 6.45) is 7.10. The van der Waals surface area contributed by atoms with Gasteiger partial charge < -0.3 is 10.2 Å². The number of hydrogen-bond donors (Lipinski definition) is 1. The Hall–Kier alpha value is -1.32. The molecular formula is C16H28N4. The zero-order valence-corrected chi connectivity index (χ0v) is 13.2. The van der Waals surface area contributed by atoms with E-state index in [1.165, 1.54) is 25.7 Å². The van der Waals surface area contributed by atoms with Gasteiger partial charge in [0.05, 0.1) is 0 Å². The van der Waals surface area contributed by atoms with Crippen molar-refractivity contribution in [3.05, 3.63) is 11.9 Å². The van der Waals surface area contributed by atoms with E-state index in [1.807, 2.05) is 0 Å². The molecule has 0 amide bonds. The number of aromatic nitrogens is 2. The van der Waals surface area contributed by atoms with Crippen molar-refractivity contribution in [3.8, 4) is 0 Å². The van der Waals surface area contributed by atoms with Crippen LogP contribution in [0.4, 0.5) is 11.6 Å². The van der Waals surface area contributed by atoms with Gasteiger partial charge in [-0.2, -0.15) is 0 Å². The summed E-state index contributed by atoms with van der Waals surface area (Å²) in [5, 5.41) is 3.40. The van der Waals surface area contributed by atoms with Crippen LogP contribution in [0.5, 0.6) is 0 Å². The highest BCUT2D eigenvalue weighted by Gasteiger charge is 2.30. The van der Waals surface area contributed by atoms with Crippen LogP contribution in [0.15, 0.2) is 6.07 Å². The first kappa shape index (κ1) is 15.1. The number of nitrogens with zero attached hydrogens (tertiary/aromatic N) is 3. The van der Waals surface area contributed by atoms with Crippen LogP contribution in [0, 0.1) is 0 Å². The minimum atomic E-state index is 0.709. The Bertz CT molecular complexity index is 415. The van der Waals surface area contributed by atoms with E-state index < -0.39 is 0 Å². The lowest BCUT2D eigenvalue weighted by atomic mass is 10.3. The van der Waals surface area contributed by atoms with Gasteiger partial charge in [0, 0.05) is 31.6 Å². The number of hydrogen-bond acceptors (Lipinski definition) is 4. The number of unbranched alkanes of at least 4 members (excludes halogenated alkanes) is 1. The molecule has 0 radical (unpaired) electrons. The van der Waals surface area contributed by atoms with E-state index in [-0.39, 0.29) is 0 Å². The molecule has 1 aliphatic rings. The Morgan fingerprint density at radius 2 is 2.00 bits per heavy atom. The predicted molar refractivity (Wildman–Crippen MR) is 85.5 cm³/mol. The molecule has 2 rings (SSSR count). The maximum Gasteiger partial charge on any atom is 0.134 e. The lowest BCUT2D eigenvalue weighted by molar-refractivity contribution is 0.700. The van der Waals surface area contributed by atoms with Gasteiger partial charge >= 0.3 is 0 Å². The van der Waals surface area contributed by atoms with Crippen molar-refractivity contribution in [3.63, 3.8) is 0 Å². The van der Waals surface area contributed by atoms with Gasteiger partial charge in [-0.15, -0.1) is 0 Å². The van der Waals surface area contributed by atoms with Gasteiger partial charge in [-0.3, -0.25) is 0 Å². The van der Waals surface area contributed by atoms with Gasteiger partial charge in [0.15, 0.2) is 0 Å². The number of aryl methyl sites for hydroxylation is 1. The van der Waals surface area contributed by atoms with E-state index in [2.05, 4.69) is 42.0 Å². The number of rotatable bonds is 9. The van der Waals surface area contributed by atoms with E-state index in [0.29, 0.717) is 6.04 Å². The maximum absolute atomic E-state index is 4.75. The molecule has 4 nitrogen and oxygen atoms in total. The van der Waals surface area contributed by atoms with Gasteiger partial charge in [-0.1, -0.05) is 27.2 Å². The van der Waals surface area contributed by atoms with Crippen LogP contribution in [-0.4, -0.2) is 29.1 Å². The topological polar surface area (TPSA) is 41.0 Å². The molecule has 1 aliphatic carbocycles. The molecule has 0 atom stereocenters. The SMILES string of the molecule is CCCCN(c1cc(NCCC)nc(CC)n1)C1CC1. The normalized spacial score (nSPS) is 14.3. The fourth-order valence-electron chi connectivity index (χ4n) is 2.33. The fraction of sp³-hybridized carbons (Fsp3) is 0.750. The summed E-state index contributed by atoms with van der Waals surface area (Å²) in [6, 6.07) is 2.84. The summed E-state index contributed by atoms with van der Waals surface area (Å²) in [6.45, 7) is 8.63. The summed E-state index contributed by atoms with van der Waals surface area (Å²) in [5.41, 5.74) is 0.